The Morgan fingerprint density at radius 1 is 1.14 bits per heavy atom. The average molecular weight is 495 g/mol. The van der Waals surface area contributed by atoms with Crippen LogP contribution in [0.25, 0.3) is 0 Å². The molecule has 0 bridgehead atoms. The highest BCUT2D eigenvalue weighted by molar-refractivity contribution is 7.91. The van der Waals surface area contributed by atoms with Crippen molar-refractivity contribution in [3.63, 3.8) is 0 Å². The van der Waals surface area contributed by atoms with Gasteiger partial charge in [0, 0.05) is 24.3 Å². The molecule has 2 aromatic heterocycles. The van der Waals surface area contributed by atoms with E-state index in [0.29, 0.717) is 12.5 Å². The largest absolute Gasteiger partial charge is 0.470 e. The second-order valence-corrected chi connectivity index (χ2v) is 11.5. The van der Waals surface area contributed by atoms with Crippen molar-refractivity contribution in [2.45, 2.75) is 55.7 Å². The van der Waals surface area contributed by atoms with Crippen LogP contribution in [0, 0.1) is 5.92 Å². The lowest BCUT2D eigenvalue weighted by molar-refractivity contribution is 0.0997. The Morgan fingerprint density at radius 2 is 1.86 bits per heavy atom. The van der Waals surface area contributed by atoms with Crippen molar-refractivity contribution in [3.8, 4) is 5.88 Å². The van der Waals surface area contributed by atoms with Crippen LogP contribution in [0.3, 0.4) is 0 Å². The molecular formula is C26H30N4O4S. The number of amides is 1. The molecule has 1 fully saturated rings. The van der Waals surface area contributed by atoms with E-state index in [-0.39, 0.29) is 38.8 Å². The maximum Gasteiger partial charge on any atom is 0.253 e. The SMILES string of the molecule is CC1CN(c2nccc(S(=O)(=O)c3cccc(O[C@@H](C)c4ccccc4)n3)c2C(N)=O)C(C)(C)C1. The van der Waals surface area contributed by atoms with Crippen LogP contribution in [0.4, 0.5) is 5.82 Å². The van der Waals surface area contributed by atoms with Gasteiger partial charge in [0.05, 0.1) is 4.90 Å². The Kier molecular flexibility index (Phi) is 6.55. The summed E-state index contributed by atoms with van der Waals surface area (Å²) in [6.07, 6.45) is 1.94. The molecule has 35 heavy (non-hydrogen) atoms. The average Bonchev–Trinajstić information content (AvgIpc) is 3.10. The number of nitrogens with zero attached hydrogens (tertiary/aromatic N) is 3. The van der Waals surface area contributed by atoms with Gasteiger partial charge in [0.25, 0.3) is 5.91 Å². The van der Waals surface area contributed by atoms with Crippen molar-refractivity contribution in [3.05, 3.63) is 71.9 Å². The quantitative estimate of drug-likeness (QED) is 0.524. The molecule has 4 rings (SSSR count). The minimum atomic E-state index is -4.20. The van der Waals surface area contributed by atoms with E-state index in [1.807, 2.05) is 56.0 Å². The Balaban J connectivity index is 1.74. The molecule has 0 aliphatic carbocycles. The Hall–Kier alpha value is -3.46. The number of pyridine rings is 2. The molecule has 1 aromatic carbocycles. The third-order valence-corrected chi connectivity index (χ3v) is 7.99. The van der Waals surface area contributed by atoms with Crippen molar-refractivity contribution < 1.29 is 17.9 Å². The first-order valence-corrected chi connectivity index (χ1v) is 13.0. The van der Waals surface area contributed by atoms with Crippen molar-refractivity contribution in [1.82, 2.24) is 9.97 Å². The normalized spacial score (nSPS) is 18.3. The van der Waals surface area contributed by atoms with E-state index in [1.54, 1.807) is 12.1 Å². The van der Waals surface area contributed by atoms with E-state index in [2.05, 4.69) is 16.9 Å². The van der Waals surface area contributed by atoms with E-state index < -0.39 is 15.7 Å². The number of hydrogen-bond donors (Lipinski definition) is 1. The number of sulfone groups is 1. The highest BCUT2D eigenvalue weighted by Gasteiger charge is 2.40. The lowest BCUT2D eigenvalue weighted by atomic mass is 9.97. The predicted octanol–water partition coefficient (Wildman–Crippen LogP) is 4.17. The summed E-state index contributed by atoms with van der Waals surface area (Å²) >= 11 is 0. The zero-order valence-corrected chi connectivity index (χ0v) is 21.1. The monoisotopic (exact) mass is 494 g/mol. The fourth-order valence-corrected chi connectivity index (χ4v) is 6.14. The van der Waals surface area contributed by atoms with Crippen molar-refractivity contribution in [1.29, 1.82) is 0 Å². The molecule has 184 valence electrons. The molecule has 0 saturated carbocycles. The molecule has 1 aliphatic rings. The summed E-state index contributed by atoms with van der Waals surface area (Å²) in [5, 5.41) is -0.232. The summed E-state index contributed by atoms with van der Waals surface area (Å²) in [4.78, 5) is 23.0. The van der Waals surface area contributed by atoms with Gasteiger partial charge < -0.3 is 15.4 Å². The van der Waals surface area contributed by atoms with Crippen LogP contribution in [-0.4, -0.2) is 36.4 Å². The molecule has 1 amide bonds. The maximum atomic E-state index is 13.7. The van der Waals surface area contributed by atoms with E-state index in [9.17, 15) is 13.2 Å². The van der Waals surface area contributed by atoms with Crippen molar-refractivity contribution in [2.75, 3.05) is 11.4 Å². The highest BCUT2D eigenvalue weighted by Crippen LogP contribution is 2.39. The molecule has 2 N–H and O–H groups in total. The predicted molar refractivity (Wildman–Crippen MR) is 133 cm³/mol. The van der Waals surface area contributed by atoms with E-state index in [0.717, 1.165) is 12.0 Å². The number of aromatic nitrogens is 2. The third kappa shape index (κ3) is 4.86. The molecule has 9 heteroatoms. The first-order valence-electron chi connectivity index (χ1n) is 11.5. The molecule has 1 unspecified atom stereocenters. The van der Waals surface area contributed by atoms with Gasteiger partial charge in [-0.3, -0.25) is 4.79 Å². The standard InChI is InChI=1S/C26H30N4O4S/c1-17-15-26(3,4)30(16-17)25-23(24(27)31)20(13-14-28-25)35(32,33)22-12-8-11-21(29-22)34-18(2)19-9-6-5-7-10-19/h5-14,17-18H,15-16H2,1-4H3,(H2,27,31)/t17?,18-/m0/s1. The van der Waals surface area contributed by atoms with Gasteiger partial charge in [0.15, 0.2) is 5.03 Å². The number of carbonyl (C=O) groups excluding carboxylic acids is 1. The van der Waals surface area contributed by atoms with Crippen molar-refractivity contribution >= 4 is 21.6 Å². The first kappa shape index (κ1) is 24.7. The Bertz CT molecular complexity index is 1340. The molecule has 3 heterocycles. The van der Waals surface area contributed by atoms with Gasteiger partial charge in [0.1, 0.15) is 17.5 Å². The van der Waals surface area contributed by atoms with Gasteiger partial charge >= 0.3 is 0 Å². The zero-order chi connectivity index (χ0) is 25.4. The summed E-state index contributed by atoms with van der Waals surface area (Å²) in [5.74, 6) is -0.0631. The Morgan fingerprint density at radius 3 is 2.49 bits per heavy atom. The topological polar surface area (TPSA) is 115 Å². The molecule has 1 aliphatic heterocycles. The smallest absolute Gasteiger partial charge is 0.253 e. The highest BCUT2D eigenvalue weighted by atomic mass is 32.2. The summed E-state index contributed by atoms with van der Waals surface area (Å²) < 4.78 is 33.3. The van der Waals surface area contributed by atoms with E-state index in [1.165, 1.54) is 18.3 Å². The number of primary amides is 1. The van der Waals surface area contributed by atoms with Gasteiger partial charge in [-0.2, -0.15) is 0 Å². The fraction of sp³-hybridized carbons (Fsp3) is 0.346. The van der Waals surface area contributed by atoms with Gasteiger partial charge in [-0.25, -0.2) is 18.4 Å². The molecule has 3 aromatic rings. The minimum Gasteiger partial charge on any atom is -0.470 e. The van der Waals surface area contributed by atoms with Crippen LogP contribution in [-0.2, 0) is 9.84 Å². The van der Waals surface area contributed by atoms with Crippen molar-refractivity contribution in [2.24, 2.45) is 11.7 Å². The van der Waals surface area contributed by atoms with Gasteiger partial charge in [-0.1, -0.05) is 43.3 Å². The number of benzene rings is 1. The lowest BCUT2D eigenvalue weighted by Gasteiger charge is -2.33. The summed E-state index contributed by atoms with van der Waals surface area (Å²) in [6.45, 7) is 8.69. The number of hydrogen-bond acceptors (Lipinski definition) is 7. The second-order valence-electron chi connectivity index (χ2n) is 9.59. The van der Waals surface area contributed by atoms with Crippen LogP contribution < -0.4 is 15.4 Å². The van der Waals surface area contributed by atoms with Gasteiger partial charge in [-0.05, 0) is 50.8 Å². The molecule has 2 atom stereocenters. The molecule has 0 radical (unpaired) electrons. The molecule has 0 spiro atoms. The van der Waals surface area contributed by atoms with E-state index >= 15 is 0 Å². The van der Waals surface area contributed by atoms with Crippen LogP contribution in [0.2, 0.25) is 0 Å². The number of rotatable bonds is 7. The fourth-order valence-electron chi connectivity index (χ4n) is 4.75. The summed E-state index contributed by atoms with van der Waals surface area (Å²) in [6, 6.07) is 15.4. The minimum absolute atomic E-state index is 0.125. The zero-order valence-electron chi connectivity index (χ0n) is 20.3. The van der Waals surface area contributed by atoms with Gasteiger partial charge in [0.2, 0.25) is 15.7 Å². The second kappa shape index (κ2) is 9.30. The molecule has 1 saturated heterocycles. The van der Waals surface area contributed by atoms with Crippen LogP contribution in [0.15, 0.2) is 70.7 Å². The summed E-state index contributed by atoms with van der Waals surface area (Å²) in [5.41, 5.74) is 6.22. The molecular weight excluding hydrogens is 464 g/mol. The third-order valence-electron chi connectivity index (χ3n) is 6.30. The van der Waals surface area contributed by atoms with Crippen LogP contribution >= 0.6 is 0 Å². The number of anilines is 1. The van der Waals surface area contributed by atoms with Crippen LogP contribution in [0.1, 0.15) is 56.1 Å². The van der Waals surface area contributed by atoms with E-state index in [4.69, 9.17) is 10.5 Å². The first-order chi connectivity index (χ1) is 16.5. The lowest BCUT2D eigenvalue weighted by Crippen LogP contribution is -2.40. The number of nitrogens with two attached hydrogens (primary N) is 1. The number of ether oxygens (including phenoxy) is 1. The van der Waals surface area contributed by atoms with Gasteiger partial charge in [-0.15, -0.1) is 0 Å². The molecule has 8 nitrogen and oxygen atoms in total. The Labute approximate surface area is 206 Å². The van der Waals surface area contributed by atoms with Crippen LogP contribution in [0.5, 0.6) is 5.88 Å². The maximum absolute atomic E-state index is 13.7. The number of carbonyl (C=O) groups is 1. The summed E-state index contributed by atoms with van der Waals surface area (Å²) in [7, 11) is -4.20.